The lowest BCUT2D eigenvalue weighted by Gasteiger charge is -2.14. The van der Waals surface area contributed by atoms with Gasteiger partial charge in [0.25, 0.3) is 5.56 Å². The van der Waals surface area contributed by atoms with Gasteiger partial charge in [-0.1, -0.05) is 17.3 Å². The second kappa shape index (κ2) is 11.2. The van der Waals surface area contributed by atoms with Crippen LogP contribution in [0, 0.1) is 5.82 Å². The van der Waals surface area contributed by atoms with Gasteiger partial charge in [-0.3, -0.25) is 14.2 Å². The number of rotatable bonds is 10. The predicted octanol–water partition coefficient (Wildman–Crippen LogP) is 4.35. The van der Waals surface area contributed by atoms with E-state index in [4.69, 9.17) is 14.6 Å². The SMILES string of the molecule is O=C(O)CCCCc1nc2cc(-c3cc(CS(=O)(=O)c4ccccn4)on3)ccc2c(=O)n1-c1ccc(F)cc1. The lowest BCUT2D eigenvalue weighted by Crippen LogP contribution is -2.24. The molecule has 40 heavy (non-hydrogen) atoms. The number of benzene rings is 2. The number of aromatic nitrogens is 4. The number of aryl methyl sites for hydroxylation is 1. The molecule has 0 saturated carbocycles. The van der Waals surface area contributed by atoms with E-state index in [2.05, 4.69) is 10.1 Å². The molecule has 0 aliphatic heterocycles. The molecule has 0 fully saturated rings. The molecule has 3 aromatic heterocycles. The molecule has 0 spiro atoms. The molecule has 0 saturated heterocycles. The Balaban J connectivity index is 1.50. The van der Waals surface area contributed by atoms with Gasteiger partial charge >= 0.3 is 5.97 Å². The number of aliphatic carboxylic acids is 1. The van der Waals surface area contributed by atoms with Gasteiger partial charge in [-0.15, -0.1) is 0 Å². The van der Waals surface area contributed by atoms with Crippen molar-refractivity contribution >= 4 is 26.7 Å². The highest BCUT2D eigenvalue weighted by atomic mass is 32.2. The average Bonchev–Trinajstić information content (AvgIpc) is 3.40. The summed E-state index contributed by atoms with van der Waals surface area (Å²) < 4.78 is 45.6. The van der Waals surface area contributed by atoms with Crippen LogP contribution in [-0.4, -0.2) is 39.2 Å². The molecule has 3 heterocycles. The van der Waals surface area contributed by atoms with Crippen LogP contribution in [0.5, 0.6) is 0 Å². The molecule has 2 aromatic carbocycles. The van der Waals surface area contributed by atoms with Crippen molar-refractivity contribution in [2.45, 2.75) is 36.5 Å². The molecule has 0 atom stereocenters. The van der Waals surface area contributed by atoms with Crippen LogP contribution in [0.3, 0.4) is 0 Å². The number of sulfone groups is 1. The Hall–Kier alpha value is -4.71. The standard InChI is InChI=1S/C28H23FN4O6S/c29-19-9-11-20(12-10-19)33-25(5-1-2-7-27(34)35)31-24-15-18(8-13-22(24)28(33)36)23-16-21(39-32-23)17-40(37,38)26-6-3-4-14-30-26/h3-4,6,8-16H,1-2,5,7,17H2,(H,34,35). The molecule has 0 radical (unpaired) electrons. The number of pyridine rings is 1. The van der Waals surface area contributed by atoms with E-state index in [0.29, 0.717) is 52.9 Å². The van der Waals surface area contributed by atoms with E-state index in [1.165, 1.54) is 47.2 Å². The summed E-state index contributed by atoms with van der Waals surface area (Å²) in [5, 5.41) is 13.2. The van der Waals surface area contributed by atoms with Crippen LogP contribution in [0.1, 0.15) is 30.8 Å². The topological polar surface area (TPSA) is 145 Å². The Labute approximate surface area is 227 Å². The maximum absolute atomic E-state index is 13.6. The number of unbranched alkanes of at least 4 members (excludes halogenated alkanes) is 1. The quantitative estimate of drug-likeness (QED) is 0.246. The first-order chi connectivity index (χ1) is 19.2. The molecule has 0 unspecified atom stereocenters. The first kappa shape index (κ1) is 26.9. The van der Waals surface area contributed by atoms with Gasteiger partial charge in [-0.25, -0.2) is 22.8 Å². The summed E-state index contributed by atoms with van der Waals surface area (Å²) >= 11 is 0. The number of fused-ring (bicyclic) bond motifs is 1. The maximum Gasteiger partial charge on any atom is 0.303 e. The first-order valence-electron chi connectivity index (χ1n) is 12.3. The number of halogens is 1. The number of hydrogen-bond acceptors (Lipinski definition) is 8. The van der Waals surface area contributed by atoms with Crippen molar-refractivity contribution in [3.63, 3.8) is 0 Å². The Morgan fingerprint density at radius 2 is 1.82 bits per heavy atom. The number of carbonyl (C=O) groups is 1. The highest BCUT2D eigenvalue weighted by molar-refractivity contribution is 7.90. The van der Waals surface area contributed by atoms with Gasteiger partial charge in [0.05, 0.1) is 16.6 Å². The third kappa shape index (κ3) is 5.81. The number of hydrogen-bond donors (Lipinski definition) is 1. The van der Waals surface area contributed by atoms with E-state index in [-0.39, 0.29) is 22.8 Å². The minimum atomic E-state index is -3.74. The molecule has 0 aliphatic rings. The molecule has 5 rings (SSSR count). The van der Waals surface area contributed by atoms with Crippen LogP contribution < -0.4 is 5.56 Å². The van der Waals surface area contributed by atoms with E-state index in [1.54, 1.807) is 30.3 Å². The molecule has 12 heteroatoms. The minimum Gasteiger partial charge on any atom is -0.481 e. The molecule has 0 bridgehead atoms. The first-order valence-corrected chi connectivity index (χ1v) is 14.0. The molecule has 1 N–H and O–H groups in total. The van der Waals surface area contributed by atoms with Crippen LogP contribution in [0.25, 0.3) is 27.8 Å². The second-order valence-electron chi connectivity index (χ2n) is 9.08. The molecule has 204 valence electrons. The largest absolute Gasteiger partial charge is 0.481 e. The maximum atomic E-state index is 13.6. The lowest BCUT2D eigenvalue weighted by molar-refractivity contribution is -0.137. The van der Waals surface area contributed by atoms with E-state index in [1.807, 2.05) is 0 Å². The van der Waals surface area contributed by atoms with Crippen molar-refractivity contribution in [2.75, 3.05) is 0 Å². The van der Waals surface area contributed by atoms with Gasteiger partial charge in [0, 0.05) is 30.7 Å². The van der Waals surface area contributed by atoms with Crippen LogP contribution in [0.4, 0.5) is 4.39 Å². The van der Waals surface area contributed by atoms with E-state index >= 15 is 0 Å². The predicted molar refractivity (Wildman–Crippen MR) is 143 cm³/mol. The van der Waals surface area contributed by atoms with Gasteiger partial charge in [0.2, 0.25) is 9.84 Å². The summed E-state index contributed by atoms with van der Waals surface area (Å²) in [7, 11) is -3.74. The fourth-order valence-corrected chi connectivity index (χ4v) is 5.45. The average molecular weight is 563 g/mol. The van der Waals surface area contributed by atoms with E-state index in [9.17, 15) is 22.4 Å². The summed E-state index contributed by atoms with van der Waals surface area (Å²) in [6.07, 6.45) is 2.58. The van der Waals surface area contributed by atoms with Gasteiger partial charge in [0.1, 0.15) is 23.1 Å². The molecule has 10 nitrogen and oxygen atoms in total. The van der Waals surface area contributed by atoms with Crippen LogP contribution in [-0.2, 0) is 26.8 Å². The normalized spacial score (nSPS) is 11.6. The molecule has 0 aliphatic carbocycles. The summed E-state index contributed by atoms with van der Waals surface area (Å²) in [5.41, 5.74) is 1.37. The van der Waals surface area contributed by atoms with Crippen LogP contribution in [0.15, 0.2) is 87.3 Å². The number of nitrogens with zero attached hydrogens (tertiary/aromatic N) is 4. The lowest BCUT2D eigenvalue weighted by atomic mass is 10.1. The fraction of sp³-hybridized carbons (Fsp3) is 0.179. The van der Waals surface area contributed by atoms with Crippen molar-refractivity contribution in [3.05, 3.63) is 101 Å². The van der Waals surface area contributed by atoms with E-state index < -0.39 is 27.4 Å². The van der Waals surface area contributed by atoms with E-state index in [0.717, 1.165) is 0 Å². The Bertz CT molecular complexity index is 1850. The summed E-state index contributed by atoms with van der Waals surface area (Å²) in [6, 6.07) is 16.5. The smallest absolute Gasteiger partial charge is 0.303 e. The Morgan fingerprint density at radius 1 is 1.02 bits per heavy atom. The van der Waals surface area contributed by atoms with Gasteiger partial charge < -0.3 is 9.63 Å². The van der Waals surface area contributed by atoms with Crippen molar-refractivity contribution in [2.24, 2.45) is 0 Å². The van der Waals surface area contributed by atoms with Crippen LogP contribution >= 0.6 is 0 Å². The van der Waals surface area contributed by atoms with Crippen molar-refractivity contribution < 1.29 is 27.2 Å². The number of carboxylic acid groups (broad SMARTS) is 1. The monoisotopic (exact) mass is 562 g/mol. The Morgan fingerprint density at radius 3 is 2.55 bits per heavy atom. The second-order valence-corrected chi connectivity index (χ2v) is 11.0. The molecule has 5 aromatic rings. The molecule has 0 amide bonds. The third-order valence-electron chi connectivity index (χ3n) is 6.21. The molecular weight excluding hydrogens is 539 g/mol. The zero-order valence-electron chi connectivity index (χ0n) is 21.0. The van der Waals surface area contributed by atoms with Gasteiger partial charge in [0.15, 0.2) is 10.8 Å². The van der Waals surface area contributed by atoms with Gasteiger partial charge in [-0.05, 0) is 61.4 Å². The van der Waals surface area contributed by atoms with Gasteiger partial charge in [-0.2, -0.15) is 0 Å². The third-order valence-corrected chi connectivity index (χ3v) is 7.75. The molecular formula is C28H23FN4O6S. The highest BCUT2D eigenvalue weighted by Gasteiger charge is 2.21. The van der Waals surface area contributed by atoms with Crippen molar-refractivity contribution in [1.29, 1.82) is 0 Å². The minimum absolute atomic E-state index is 0.0109. The Kier molecular flexibility index (Phi) is 7.52. The number of carboxylic acids is 1. The summed E-state index contributed by atoms with van der Waals surface area (Å²) in [4.78, 5) is 33.1. The van der Waals surface area contributed by atoms with Crippen molar-refractivity contribution in [1.82, 2.24) is 19.7 Å². The summed E-state index contributed by atoms with van der Waals surface area (Å²) in [6.45, 7) is 0. The zero-order chi connectivity index (χ0) is 28.3. The van der Waals surface area contributed by atoms with Crippen molar-refractivity contribution in [3.8, 4) is 16.9 Å². The fourth-order valence-electron chi connectivity index (χ4n) is 4.28. The highest BCUT2D eigenvalue weighted by Crippen LogP contribution is 2.25. The zero-order valence-corrected chi connectivity index (χ0v) is 21.8. The van der Waals surface area contributed by atoms with Crippen LogP contribution in [0.2, 0.25) is 0 Å². The summed E-state index contributed by atoms with van der Waals surface area (Å²) in [5.74, 6) is -1.26.